The molecule has 24 heavy (non-hydrogen) atoms. The Bertz CT molecular complexity index is 763. The van der Waals surface area contributed by atoms with E-state index in [9.17, 15) is 14.3 Å². The van der Waals surface area contributed by atoms with Crippen LogP contribution in [0.2, 0.25) is 0 Å². The molecule has 2 rings (SSSR count). The molecule has 0 aliphatic carbocycles. The van der Waals surface area contributed by atoms with Gasteiger partial charge in [-0.1, -0.05) is 0 Å². The highest BCUT2D eigenvalue weighted by Gasteiger charge is 2.31. The van der Waals surface area contributed by atoms with Crippen LogP contribution in [0.3, 0.4) is 0 Å². The molecule has 1 amide bonds. The summed E-state index contributed by atoms with van der Waals surface area (Å²) in [5, 5.41) is 12.9. The number of nitrogens with two attached hydrogens (primary N) is 2. The van der Waals surface area contributed by atoms with Crippen LogP contribution in [-0.2, 0) is 4.79 Å². The molecule has 0 radical (unpaired) electrons. The van der Waals surface area contributed by atoms with Gasteiger partial charge in [0.2, 0.25) is 0 Å². The van der Waals surface area contributed by atoms with Crippen molar-refractivity contribution in [2.75, 3.05) is 23.4 Å². The molecule has 7 heteroatoms. The molecule has 6 nitrogen and oxygen atoms in total. The number of aliphatic hydroxyl groups is 1. The minimum atomic E-state index is -1.81. The van der Waals surface area contributed by atoms with Gasteiger partial charge in [-0.3, -0.25) is 4.79 Å². The van der Waals surface area contributed by atoms with E-state index in [0.717, 1.165) is 11.6 Å². The summed E-state index contributed by atoms with van der Waals surface area (Å²) in [6.07, 6.45) is 0. The highest BCUT2D eigenvalue weighted by atomic mass is 19.1. The van der Waals surface area contributed by atoms with Gasteiger partial charge >= 0.3 is 0 Å². The molecule has 0 saturated carbocycles. The summed E-state index contributed by atoms with van der Waals surface area (Å²) in [4.78, 5) is 12.2. The minimum absolute atomic E-state index is 0.00873. The maximum atomic E-state index is 13.4. The van der Waals surface area contributed by atoms with Gasteiger partial charge in [0.15, 0.2) is 5.60 Å². The first-order valence-corrected chi connectivity index (χ1v) is 7.27. The summed E-state index contributed by atoms with van der Waals surface area (Å²) < 4.78 is 18.6. The van der Waals surface area contributed by atoms with Crippen LogP contribution in [0.5, 0.6) is 5.75 Å². The number of benzene rings is 2. The lowest BCUT2D eigenvalue weighted by Gasteiger charge is -2.23. The molecule has 128 valence electrons. The predicted molar refractivity (Wildman–Crippen MR) is 91.2 cm³/mol. The Hall–Kier alpha value is -2.80. The molecular weight excluding hydrogens is 313 g/mol. The van der Waals surface area contributed by atoms with Crippen molar-refractivity contribution >= 4 is 23.0 Å². The van der Waals surface area contributed by atoms with E-state index in [1.807, 2.05) is 6.92 Å². The first-order valence-electron chi connectivity index (χ1n) is 7.27. The normalized spacial score (nSPS) is 13.2. The third-order valence-electron chi connectivity index (χ3n) is 3.51. The molecule has 1 unspecified atom stereocenters. The SMILES string of the molecule is Cc1cc(NC(=O)C(C)(O)COc2ccc(N)c(F)c2)ccc1N. The molecule has 0 aromatic heterocycles. The van der Waals surface area contributed by atoms with Gasteiger partial charge in [0, 0.05) is 17.4 Å². The van der Waals surface area contributed by atoms with E-state index in [1.54, 1.807) is 18.2 Å². The van der Waals surface area contributed by atoms with Gasteiger partial charge in [-0.05, 0) is 49.7 Å². The summed E-state index contributed by atoms with van der Waals surface area (Å²) in [7, 11) is 0. The molecule has 2 aromatic carbocycles. The second kappa shape index (κ2) is 6.76. The number of hydrogen-bond donors (Lipinski definition) is 4. The van der Waals surface area contributed by atoms with Crippen molar-refractivity contribution in [3.05, 3.63) is 47.8 Å². The van der Waals surface area contributed by atoms with Crippen molar-refractivity contribution in [2.24, 2.45) is 0 Å². The average molecular weight is 333 g/mol. The van der Waals surface area contributed by atoms with Crippen LogP contribution in [0.4, 0.5) is 21.5 Å². The Morgan fingerprint density at radius 2 is 1.92 bits per heavy atom. The summed E-state index contributed by atoms with van der Waals surface area (Å²) >= 11 is 0. The molecule has 0 bridgehead atoms. The van der Waals surface area contributed by atoms with Crippen molar-refractivity contribution in [3.8, 4) is 5.75 Å². The fourth-order valence-corrected chi connectivity index (χ4v) is 1.91. The molecule has 2 aromatic rings. The zero-order chi connectivity index (χ0) is 17.9. The van der Waals surface area contributed by atoms with E-state index in [0.29, 0.717) is 11.4 Å². The number of nitrogens with one attached hydrogen (secondary N) is 1. The smallest absolute Gasteiger partial charge is 0.259 e. The first-order chi connectivity index (χ1) is 11.2. The zero-order valence-corrected chi connectivity index (χ0v) is 13.5. The predicted octanol–water partition coefficient (Wildman–Crippen LogP) is 2.07. The van der Waals surface area contributed by atoms with Crippen LogP contribution < -0.4 is 21.5 Å². The summed E-state index contributed by atoms with van der Waals surface area (Å²) in [6.45, 7) is 2.76. The lowest BCUT2D eigenvalue weighted by atomic mass is 10.1. The van der Waals surface area contributed by atoms with Crippen LogP contribution in [0.25, 0.3) is 0 Å². The summed E-state index contributed by atoms with van der Waals surface area (Å²) in [5.74, 6) is -1.12. The van der Waals surface area contributed by atoms with Crippen molar-refractivity contribution in [1.29, 1.82) is 0 Å². The number of halogens is 1. The number of nitrogen functional groups attached to an aromatic ring is 2. The number of rotatable bonds is 5. The van der Waals surface area contributed by atoms with E-state index in [1.165, 1.54) is 19.1 Å². The highest BCUT2D eigenvalue weighted by molar-refractivity contribution is 5.97. The van der Waals surface area contributed by atoms with Gasteiger partial charge in [0.25, 0.3) is 5.91 Å². The minimum Gasteiger partial charge on any atom is -0.490 e. The van der Waals surface area contributed by atoms with Crippen LogP contribution in [0.15, 0.2) is 36.4 Å². The third-order valence-corrected chi connectivity index (χ3v) is 3.51. The quantitative estimate of drug-likeness (QED) is 0.626. The van der Waals surface area contributed by atoms with E-state index >= 15 is 0 Å². The lowest BCUT2D eigenvalue weighted by molar-refractivity contribution is -0.135. The van der Waals surface area contributed by atoms with Crippen molar-refractivity contribution < 1.29 is 19.0 Å². The topological polar surface area (TPSA) is 111 Å². The molecule has 0 spiro atoms. The Morgan fingerprint density at radius 1 is 1.25 bits per heavy atom. The third kappa shape index (κ3) is 4.14. The van der Waals surface area contributed by atoms with Gasteiger partial charge in [-0.15, -0.1) is 0 Å². The van der Waals surface area contributed by atoms with Crippen molar-refractivity contribution in [3.63, 3.8) is 0 Å². The fourth-order valence-electron chi connectivity index (χ4n) is 1.91. The van der Waals surface area contributed by atoms with Crippen LogP contribution in [0, 0.1) is 12.7 Å². The van der Waals surface area contributed by atoms with Gasteiger partial charge in [-0.25, -0.2) is 4.39 Å². The van der Waals surface area contributed by atoms with Gasteiger partial charge < -0.3 is 26.6 Å². The molecule has 0 aliphatic rings. The molecule has 6 N–H and O–H groups in total. The number of aryl methyl sites for hydroxylation is 1. The molecule has 1 atom stereocenters. The van der Waals surface area contributed by atoms with Gasteiger partial charge in [-0.2, -0.15) is 0 Å². The number of carbonyl (C=O) groups is 1. The van der Waals surface area contributed by atoms with E-state index in [4.69, 9.17) is 16.2 Å². The standard InChI is InChI=1S/C17H20FN3O3/c1-10-7-11(3-5-14(10)19)21-16(22)17(2,23)9-24-12-4-6-15(20)13(18)8-12/h3-8,23H,9,19-20H2,1-2H3,(H,21,22). The van der Waals surface area contributed by atoms with E-state index in [-0.39, 0.29) is 18.0 Å². The zero-order valence-electron chi connectivity index (χ0n) is 13.5. The second-order valence-corrected chi connectivity index (χ2v) is 5.77. The van der Waals surface area contributed by atoms with Gasteiger partial charge in [0.1, 0.15) is 18.2 Å². The number of amides is 1. The maximum Gasteiger partial charge on any atom is 0.259 e. The number of hydrogen-bond acceptors (Lipinski definition) is 5. The molecule has 0 saturated heterocycles. The Labute approximate surface area is 139 Å². The summed E-state index contributed by atoms with van der Waals surface area (Å²) in [5.41, 5.74) is 11.2. The Kier molecular flexibility index (Phi) is 4.94. The average Bonchev–Trinajstić information content (AvgIpc) is 2.52. The Balaban J connectivity index is 2.01. The van der Waals surface area contributed by atoms with Crippen molar-refractivity contribution in [2.45, 2.75) is 19.4 Å². The second-order valence-electron chi connectivity index (χ2n) is 5.77. The van der Waals surface area contributed by atoms with Crippen LogP contribution in [-0.4, -0.2) is 23.2 Å². The first kappa shape index (κ1) is 17.6. The molecular formula is C17H20FN3O3. The molecule has 0 fully saturated rings. The van der Waals surface area contributed by atoms with Gasteiger partial charge in [0.05, 0.1) is 5.69 Å². The lowest BCUT2D eigenvalue weighted by Crippen LogP contribution is -2.45. The van der Waals surface area contributed by atoms with Crippen molar-refractivity contribution in [1.82, 2.24) is 0 Å². The largest absolute Gasteiger partial charge is 0.490 e. The van der Waals surface area contributed by atoms with Crippen LogP contribution >= 0.6 is 0 Å². The number of anilines is 3. The monoisotopic (exact) mass is 333 g/mol. The molecule has 0 heterocycles. The summed E-state index contributed by atoms with van der Waals surface area (Å²) in [6, 6.07) is 8.87. The maximum absolute atomic E-state index is 13.4. The molecule has 0 aliphatic heterocycles. The Morgan fingerprint density at radius 3 is 2.54 bits per heavy atom. The van der Waals surface area contributed by atoms with E-state index in [2.05, 4.69) is 5.32 Å². The number of carbonyl (C=O) groups excluding carboxylic acids is 1. The van der Waals surface area contributed by atoms with Crippen LogP contribution in [0.1, 0.15) is 12.5 Å². The van der Waals surface area contributed by atoms with E-state index < -0.39 is 17.3 Å². The fraction of sp³-hybridized carbons (Fsp3) is 0.235. The highest BCUT2D eigenvalue weighted by Crippen LogP contribution is 2.21. The number of ether oxygens (including phenoxy) is 1.